The largest absolute Gasteiger partial charge is 0.327 e. The highest BCUT2D eigenvalue weighted by molar-refractivity contribution is 7.52. The minimum absolute atomic E-state index is 0.0172. The maximum absolute atomic E-state index is 11.6. The molecule has 0 amide bonds. The molecule has 0 bridgehead atoms. The minimum Gasteiger partial charge on any atom is -0.312 e. The van der Waals surface area contributed by atoms with Gasteiger partial charge in [0.1, 0.15) is 5.78 Å². The van der Waals surface area contributed by atoms with Crippen molar-refractivity contribution in [2.45, 2.75) is 52.6 Å². The lowest BCUT2D eigenvalue weighted by Crippen LogP contribution is -2.24. The van der Waals surface area contributed by atoms with E-state index >= 15 is 0 Å². The number of hydrogen-bond donors (Lipinski definition) is 0. The van der Waals surface area contributed by atoms with Gasteiger partial charge in [0.25, 0.3) is 0 Å². The van der Waals surface area contributed by atoms with Crippen molar-refractivity contribution in [3.8, 4) is 0 Å². The molecule has 0 aliphatic heterocycles. The Labute approximate surface area is 105 Å². The summed E-state index contributed by atoms with van der Waals surface area (Å²) in [7, 11) is -1.48. The van der Waals surface area contributed by atoms with E-state index in [4.69, 9.17) is 9.05 Å². The minimum atomic E-state index is -2.87. The zero-order valence-electron chi connectivity index (χ0n) is 11.6. The summed E-state index contributed by atoms with van der Waals surface area (Å²) in [5, 5.41) is 0. The van der Waals surface area contributed by atoms with Crippen LogP contribution in [0.15, 0.2) is 0 Å². The van der Waals surface area contributed by atoms with Gasteiger partial charge < -0.3 is 9.05 Å². The molecule has 1 aliphatic carbocycles. The van der Waals surface area contributed by atoms with Gasteiger partial charge in [0, 0.05) is 19.7 Å². The Kier molecular flexibility index (Phi) is 7.93. The van der Waals surface area contributed by atoms with E-state index in [1.165, 1.54) is 13.8 Å². The molecule has 1 unspecified atom stereocenters. The predicted molar refractivity (Wildman–Crippen MR) is 69.4 cm³/mol. The van der Waals surface area contributed by atoms with E-state index in [1.54, 1.807) is 6.92 Å². The summed E-state index contributed by atoms with van der Waals surface area (Å²) in [4.78, 5) is 11.1. The lowest BCUT2D eigenvalue weighted by atomic mass is 9.85. The SMILES string of the molecule is CC.COP(C)(=O)OC1CCC(C(C)=O)CC1. The van der Waals surface area contributed by atoms with Crippen molar-refractivity contribution in [1.82, 2.24) is 0 Å². The topological polar surface area (TPSA) is 52.6 Å². The summed E-state index contributed by atoms with van der Waals surface area (Å²) in [5.74, 6) is 0.420. The molecule has 0 aromatic carbocycles. The fourth-order valence-electron chi connectivity index (χ4n) is 1.89. The fraction of sp³-hybridized carbons (Fsp3) is 0.917. The molecule has 1 atom stereocenters. The number of rotatable bonds is 4. The third-order valence-corrected chi connectivity index (χ3v) is 4.27. The van der Waals surface area contributed by atoms with Crippen LogP contribution >= 0.6 is 7.60 Å². The average Bonchev–Trinajstić information content (AvgIpc) is 2.32. The monoisotopic (exact) mass is 264 g/mol. The van der Waals surface area contributed by atoms with Gasteiger partial charge in [0.05, 0.1) is 6.10 Å². The van der Waals surface area contributed by atoms with Crippen LogP contribution in [0.2, 0.25) is 0 Å². The van der Waals surface area contributed by atoms with Gasteiger partial charge in [0.15, 0.2) is 0 Å². The molecule has 0 aromatic heterocycles. The van der Waals surface area contributed by atoms with Gasteiger partial charge >= 0.3 is 7.60 Å². The van der Waals surface area contributed by atoms with Crippen LogP contribution in [0.1, 0.15) is 46.5 Å². The quantitative estimate of drug-likeness (QED) is 0.727. The zero-order chi connectivity index (χ0) is 13.5. The molecule has 1 aliphatic rings. The zero-order valence-corrected chi connectivity index (χ0v) is 12.5. The molecule has 0 spiro atoms. The molecule has 0 N–H and O–H groups in total. The molecule has 1 saturated carbocycles. The van der Waals surface area contributed by atoms with Crippen LogP contribution in [-0.4, -0.2) is 25.7 Å². The smallest absolute Gasteiger partial charge is 0.312 e. The van der Waals surface area contributed by atoms with Gasteiger partial charge in [-0.15, -0.1) is 0 Å². The van der Waals surface area contributed by atoms with Crippen LogP contribution < -0.4 is 0 Å². The van der Waals surface area contributed by atoms with Gasteiger partial charge in [-0.25, -0.2) is 0 Å². The highest BCUT2D eigenvalue weighted by atomic mass is 31.2. The molecule has 102 valence electrons. The van der Waals surface area contributed by atoms with Gasteiger partial charge in [0.2, 0.25) is 0 Å². The van der Waals surface area contributed by atoms with Crippen molar-refractivity contribution in [3.05, 3.63) is 0 Å². The summed E-state index contributed by atoms with van der Waals surface area (Å²) in [5.41, 5.74) is 0. The van der Waals surface area contributed by atoms with E-state index in [9.17, 15) is 9.36 Å². The first-order valence-electron chi connectivity index (χ1n) is 6.26. The Morgan fingerprint density at radius 3 is 2.00 bits per heavy atom. The highest BCUT2D eigenvalue weighted by Crippen LogP contribution is 2.46. The van der Waals surface area contributed by atoms with E-state index < -0.39 is 7.60 Å². The second kappa shape index (κ2) is 8.02. The Morgan fingerprint density at radius 1 is 1.18 bits per heavy atom. The predicted octanol–water partition coefficient (Wildman–Crippen LogP) is 3.65. The third-order valence-electron chi connectivity index (χ3n) is 2.92. The molecular formula is C12H25O4P. The lowest BCUT2D eigenvalue weighted by Gasteiger charge is -2.28. The molecule has 5 heteroatoms. The molecule has 1 rings (SSSR count). The molecule has 17 heavy (non-hydrogen) atoms. The number of carbonyl (C=O) groups excluding carboxylic acids is 1. The summed E-state index contributed by atoms with van der Waals surface area (Å²) in [6.07, 6.45) is 3.25. The first-order valence-corrected chi connectivity index (χ1v) is 8.25. The molecule has 1 fully saturated rings. The van der Waals surface area contributed by atoms with E-state index in [0.29, 0.717) is 0 Å². The first kappa shape index (κ1) is 16.8. The third kappa shape index (κ3) is 6.35. The van der Waals surface area contributed by atoms with Crippen LogP contribution in [-0.2, 0) is 18.4 Å². The van der Waals surface area contributed by atoms with Crippen molar-refractivity contribution in [1.29, 1.82) is 0 Å². The molecule has 0 aromatic rings. The highest BCUT2D eigenvalue weighted by Gasteiger charge is 2.28. The Hall–Kier alpha value is -0.180. The number of ketones is 1. The average molecular weight is 264 g/mol. The Balaban J connectivity index is 0.00000121. The Bertz CT molecular complexity index is 270. The number of Topliss-reactive ketones (excluding diaryl/α,β-unsaturated/α-hetero) is 1. The van der Waals surface area contributed by atoms with Gasteiger partial charge in [-0.3, -0.25) is 9.36 Å². The molecule has 0 heterocycles. The van der Waals surface area contributed by atoms with Crippen molar-refractivity contribution >= 4 is 13.4 Å². The van der Waals surface area contributed by atoms with Crippen molar-refractivity contribution in [3.63, 3.8) is 0 Å². The second-order valence-corrected chi connectivity index (χ2v) is 6.26. The van der Waals surface area contributed by atoms with Crippen molar-refractivity contribution in [2.24, 2.45) is 5.92 Å². The van der Waals surface area contributed by atoms with E-state index in [1.807, 2.05) is 13.8 Å². The first-order chi connectivity index (χ1) is 7.94. The maximum atomic E-state index is 11.6. The van der Waals surface area contributed by atoms with Gasteiger partial charge in [-0.05, 0) is 32.6 Å². The van der Waals surface area contributed by atoms with E-state index in [-0.39, 0.29) is 17.8 Å². The summed E-state index contributed by atoms with van der Waals surface area (Å²) in [6.45, 7) is 7.11. The van der Waals surface area contributed by atoms with Crippen LogP contribution in [0.25, 0.3) is 0 Å². The summed E-state index contributed by atoms with van der Waals surface area (Å²) < 4.78 is 21.7. The summed E-state index contributed by atoms with van der Waals surface area (Å²) >= 11 is 0. The van der Waals surface area contributed by atoms with Crippen LogP contribution in [0.5, 0.6) is 0 Å². The lowest BCUT2D eigenvalue weighted by molar-refractivity contribution is -0.122. The second-order valence-electron chi connectivity index (χ2n) is 4.14. The number of hydrogen-bond acceptors (Lipinski definition) is 4. The Morgan fingerprint density at radius 2 is 1.65 bits per heavy atom. The fourth-order valence-corrected chi connectivity index (χ4v) is 2.73. The van der Waals surface area contributed by atoms with Crippen molar-refractivity contribution < 1.29 is 18.4 Å². The molecule has 4 nitrogen and oxygen atoms in total. The van der Waals surface area contributed by atoms with E-state index in [2.05, 4.69) is 0 Å². The maximum Gasteiger partial charge on any atom is 0.327 e. The molecular weight excluding hydrogens is 239 g/mol. The standard InChI is InChI=1S/C10H19O4P.C2H6/c1-8(11)9-4-6-10(7-5-9)14-15(3,12)13-2;1-2/h9-10H,4-7H2,1-3H3;1-2H3. The van der Waals surface area contributed by atoms with Crippen molar-refractivity contribution in [2.75, 3.05) is 13.8 Å². The number of carbonyl (C=O) groups is 1. The van der Waals surface area contributed by atoms with Gasteiger partial charge in [-0.2, -0.15) is 0 Å². The van der Waals surface area contributed by atoms with Crippen LogP contribution in [0.4, 0.5) is 0 Å². The summed E-state index contributed by atoms with van der Waals surface area (Å²) in [6, 6.07) is 0. The van der Waals surface area contributed by atoms with Crippen LogP contribution in [0.3, 0.4) is 0 Å². The van der Waals surface area contributed by atoms with Gasteiger partial charge in [-0.1, -0.05) is 13.8 Å². The molecule has 0 radical (unpaired) electrons. The van der Waals surface area contributed by atoms with E-state index in [0.717, 1.165) is 25.7 Å². The van der Waals surface area contributed by atoms with Crippen LogP contribution in [0, 0.1) is 5.92 Å². The molecule has 0 saturated heterocycles. The normalized spacial score (nSPS) is 27.6.